The summed E-state index contributed by atoms with van der Waals surface area (Å²) in [5.74, 6) is 0.896. The SMILES string of the molecule is CCS(=O)(=O)c1ccc(-c2nnc(NC(=O)c3cccc(Oc4ccccc4)c3)o2)cc1. The van der Waals surface area contributed by atoms with Crippen molar-refractivity contribution in [1.82, 2.24) is 10.2 Å². The number of para-hydroxylation sites is 1. The van der Waals surface area contributed by atoms with Crippen LogP contribution >= 0.6 is 0 Å². The van der Waals surface area contributed by atoms with Gasteiger partial charge in [-0.15, -0.1) is 5.10 Å². The summed E-state index contributed by atoms with van der Waals surface area (Å²) in [5.41, 5.74) is 0.888. The van der Waals surface area contributed by atoms with E-state index in [1.807, 2.05) is 30.3 Å². The lowest BCUT2D eigenvalue weighted by Gasteiger charge is -2.07. The Kier molecular flexibility index (Phi) is 6.00. The average Bonchev–Trinajstić information content (AvgIpc) is 3.28. The lowest BCUT2D eigenvalue weighted by Crippen LogP contribution is -2.12. The van der Waals surface area contributed by atoms with E-state index in [9.17, 15) is 13.2 Å². The molecule has 0 fully saturated rings. The molecule has 1 N–H and O–H groups in total. The van der Waals surface area contributed by atoms with Crippen molar-refractivity contribution < 1.29 is 22.4 Å². The van der Waals surface area contributed by atoms with Crippen LogP contribution in [-0.4, -0.2) is 30.3 Å². The van der Waals surface area contributed by atoms with Crippen LogP contribution in [0.3, 0.4) is 0 Å². The Morgan fingerprint density at radius 1 is 0.938 bits per heavy atom. The van der Waals surface area contributed by atoms with Gasteiger partial charge in [-0.05, 0) is 54.6 Å². The molecule has 0 saturated heterocycles. The molecule has 0 aliphatic heterocycles. The second-order valence-corrected chi connectivity index (χ2v) is 9.02. The first-order valence-corrected chi connectivity index (χ1v) is 11.4. The van der Waals surface area contributed by atoms with Crippen LogP contribution in [0.25, 0.3) is 11.5 Å². The maximum Gasteiger partial charge on any atom is 0.322 e. The number of benzene rings is 3. The Balaban J connectivity index is 1.46. The van der Waals surface area contributed by atoms with Gasteiger partial charge in [0.05, 0.1) is 10.6 Å². The van der Waals surface area contributed by atoms with E-state index in [-0.39, 0.29) is 22.6 Å². The highest BCUT2D eigenvalue weighted by molar-refractivity contribution is 7.91. The van der Waals surface area contributed by atoms with Crippen LogP contribution in [0.15, 0.2) is 88.2 Å². The standard InChI is InChI=1S/C23H19N3O5S/c1-2-32(28,29)20-13-11-16(12-14-20)22-25-26-23(31-22)24-21(27)17-7-6-10-19(15-17)30-18-8-4-3-5-9-18/h3-15H,2H2,1H3,(H,24,26,27). The lowest BCUT2D eigenvalue weighted by molar-refractivity contribution is 0.102. The molecular formula is C23H19N3O5S. The molecule has 0 aliphatic carbocycles. The van der Waals surface area contributed by atoms with Crippen LogP contribution in [-0.2, 0) is 9.84 Å². The van der Waals surface area contributed by atoms with Gasteiger partial charge in [0, 0.05) is 11.1 Å². The number of carbonyl (C=O) groups is 1. The van der Waals surface area contributed by atoms with E-state index < -0.39 is 15.7 Å². The van der Waals surface area contributed by atoms with Gasteiger partial charge in [-0.1, -0.05) is 36.3 Å². The molecular weight excluding hydrogens is 430 g/mol. The smallest absolute Gasteiger partial charge is 0.322 e. The van der Waals surface area contributed by atoms with Gasteiger partial charge in [0.1, 0.15) is 11.5 Å². The minimum atomic E-state index is -3.30. The predicted octanol–water partition coefficient (Wildman–Crippen LogP) is 4.57. The number of ether oxygens (including phenoxy) is 1. The summed E-state index contributed by atoms with van der Waals surface area (Å²) in [6, 6.07) is 22.0. The van der Waals surface area contributed by atoms with Gasteiger partial charge in [0.2, 0.25) is 5.89 Å². The van der Waals surface area contributed by atoms with E-state index in [2.05, 4.69) is 15.5 Å². The molecule has 0 atom stereocenters. The van der Waals surface area contributed by atoms with Crippen molar-refractivity contribution >= 4 is 21.8 Å². The number of amides is 1. The molecule has 0 aliphatic rings. The van der Waals surface area contributed by atoms with Gasteiger partial charge in [0.15, 0.2) is 9.84 Å². The Labute approximate surface area is 184 Å². The summed E-state index contributed by atoms with van der Waals surface area (Å²) in [6.07, 6.45) is 0. The van der Waals surface area contributed by atoms with Gasteiger partial charge in [-0.2, -0.15) is 0 Å². The number of hydrogen-bond acceptors (Lipinski definition) is 7. The average molecular weight is 449 g/mol. The van der Waals surface area contributed by atoms with Gasteiger partial charge >= 0.3 is 6.01 Å². The highest BCUT2D eigenvalue weighted by atomic mass is 32.2. The number of anilines is 1. The molecule has 0 unspecified atom stereocenters. The molecule has 0 bridgehead atoms. The molecule has 0 saturated carbocycles. The molecule has 1 aromatic heterocycles. The zero-order valence-corrected chi connectivity index (χ0v) is 17.9. The molecule has 9 heteroatoms. The van der Waals surface area contributed by atoms with E-state index >= 15 is 0 Å². The summed E-state index contributed by atoms with van der Waals surface area (Å²) >= 11 is 0. The number of carbonyl (C=O) groups excluding carboxylic acids is 1. The van der Waals surface area contributed by atoms with Gasteiger partial charge < -0.3 is 9.15 Å². The third kappa shape index (κ3) is 4.84. The topological polar surface area (TPSA) is 111 Å². The molecule has 0 radical (unpaired) electrons. The molecule has 32 heavy (non-hydrogen) atoms. The fraction of sp³-hybridized carbons (Fsp3) is 0.0870. The van der Waals surface area contributed by atoms with Crippen LogP contribution in [0.4, 0.5) is 6.01 Å². The summed E-state index contributed by atoms with van der Waals surface area (Å²) in [7, 11) is -3.30. The first-order valence-electron chi connectivity index (χ1n) is 9.75. The number of nitrogens with zero attached hydrogens (tertiary/aromatic N) is 2. The molecule has 4 rings (SSSR count). The molecule has 8 nitrogen and oxygen atoms in total. The number of aromatic nitrogens is 2. The molecule has 162 valence electrons. The van der Waals surface area contributed by atoms with E-state index in [0.29, 0.717) is 22.6 Å². The summed E-state index contributed by atoms with van der Waals surface area (Å²) in [4.78, 5) is 12.8. The minimum absolute atomic E-state index is 0.0146. The van der Waals surface area contributed by atoms with E-state index in [1.165, 1.54) is 12.1 Å². The second-order valence-electron chi connectivity index (χ2n) is 6.74. The normalized spacial score (nSPS) is 11.2. The molecule has 1 heterocycles. The maximum absolute atomic E-state index is 12.6. The van der Waals surface area contributed by atoms with E-state index in [1.54, 1.807) is 43.3 Å². The second kappa shape index (κ2) is 9.03. The van der Waals surface area contributed by atoms with E-state index in [4.69, 9.17) is 9.15 Å². The molecule has 3 aromatic carbocycles. The molecule has 0 spiro atoms. The van der Waals surface area contributed by atoms with Crippen molar-refractivity contribution in [1.29, 1.82) is 0 Å². The predicted molar refractivity (Wildman–Crippen MR) is 118 cm³/mol. The Hall–Kier alpha value is -3.98. The molecule has 1 amide bonds. The van der Waals surface area contributed by atoms with Crippen LogP contribution in [0.5, 0.6) is 11.5 Å². The van der Waals surface area contributed by atoms with Crippen LogP contribution in [0.1, 0.15) is 17.3 Å². The minimum Gasteiger partial charge on any atom is -0.457 e. The number of nitrogens with one attached hydrogen (secondary N) is 1. The van der Waals surface area contributed by atoms with Crippen LogP contribution in [0.2, 0.25) is 0 Å². The van der Waals surface area contributed by atoms with E-state index in [0.717, 1.165) is 0 Å². The third-order valence-electron chi connectivity index (χ3n) is 4.56. The number of sulfone groups is 1. The van der Waals surface area contributed by atoms with Gasteiger partial charge in [0.25, 0.3) is 5.91 Å². The van der Waals surface area contributed by atoms with Crippen LogP contribution in [0, 0.1) is 0 Å². The Morgan fingerprint density at radius 2 is 1.66 bits per heavy atom. The largest absolute Gasteiger partial charge is 0.457 e. The van der Waals surface area contributed by atoms with Crippen molar-refractivity contribution in [2.75, 3.05) is 11.1 Å². The first kappa shape index (κ1) is 21.3. The Morgan fingerprint density at radius 3 is 2.38 bits per heavy atom. The Bertz CT molecular complexity index is 1330. The highest BCUT2D eigenvalue weighted by Gasteiger charge is 2.15. The summed E-state index contributed by atoms with van der Waals surface area (Å²) in [5, 5.41) is 10.3. The fourth-order valence-corrected chi connectivity index (χ4v) is 3.74. The fourth-order valence-electron chi connectivity index (χ4n) is 2.86. The van der Waals surface area contributed by atoms with Crippen molar-refractivity contribution in [2.45, 2.75) is 11.8 Å². The maximum atomic E-state index is 12.6. The third-order valence-corrected chi connectivity index (χ3v) is 6.31. The summed E-state index contributed by atoms with van der Waals surface area (Å²) < 4.78 is 35.1. The van der Waals surface area contributed by atoms with Crippen molar-refractivity contribution in [3.63, 3.8) is 0 Å². The zero-order valence-electron chi connectivity index (χ0n) is 17.1. The monoisotopic (exact) mass is 449 g/mol. The van der Waals surface area contributed by atoms with Crippen molar-refractivity contribution in [3.8, 4) is 23.0 Å². The first-order chi connectivity index (χ1) is 15.4. The van der Waals surface area contributed by atoms with Crippen LogP contribution < -0.4 is 10.1 Å². The zero-order chi connectivity index (χ0) is 22.6. The number of rotatable bonds is 7. The molecule has 4 aromatic rings. The summed E-state index contributed by atoms with van der Waals surface area (Å²) in [6.45, 7) is 1.58. The van der Waals surface area contributed by atoms with Crippen molar-refractivity contribution in [2.24, 2.45) is 0 Å². The highest BCUT2D eigenvalue weighted by Crippen LogP contribution is 2.24. The van der Waals surface area contributed by atoms with Gasteiger partial charge in [-0.25, -0.2) is 8.42 Å². The quantitative estimate of drug-likeness (QED) is 0.440. The van der Waals surface area contributed by atoms with Gasteiger partial charge in [-0.3, -0.25) is 10.1 Å². The number of hydrogen-bond donors (Lipinski definition) is 1. The van der Waals surface area contributed by atoms with Crippen molar-refractivity contribution in [3.05, 3.63) is 84.4 Å². The lowest BCUT2D eigenvalue weighted by atomic mass is 10.2.